The van der Waals surface area contributed by atoms with E-state index in [0.717, 1.165) is 75.6 Å². The maximum absolute atomic E-state index is 12.5. The number of carboxylic acids is 1. The molecule has 8 nitrogen and oxygen atoms in total. The molecule has 2 aliphatic heterocycles. The zero-order valence-electron chi connectivity index (χ0n) is 19.0. The highest BCUT2D eigenvalue weighted by Gasteiger charge is 2.40. The number of benzene rings is 1. The molecule has 1 amide bonds. The van der Waals surface area contributed by atoms with Crippen LogP contribution in [-0.2, 0) is 24.3 Å². The summed E-state index contributed by atoms with van der Waals surface area (Å²) in [6.45, 7) is 4.02. The third-order valence-corrected chi connectivity index (χ3v) is 7.05. The van der Waals surface area contributed by atoms with E-state index in [1.807, 2.05) is 12.1 Å². The first kappa shape index (κ1) is 25.4. The number of hydrogen-bond donors (Lipinski definition) is 2. The average Bonchev–Trinajstić information content (AvgIpc) is 3.52. The summed E-state index contributed by atoms with van der Waals surface area (Å²) in [5, 5.41) is 19.5. The topological polar surface area (TPSA) is 100 Å². The number of nitrogens with zero attached hydrogens (tertiary/aromatic N) is 4. The first-order chi connectivity index (χ1) is 16.5. The first-order valence-electron chi connectivity index (χ1n) is 11.5. The summed E-state index contributed by atoms with van der Waals surface area (Å²) in [6, 6.07) is 8.49. The molecular formula is C23H27ClF3N5O3. The van der Waals surface area contributed by atoms with Crippen LogP contribution in [0.1, 0.15) is 54.1 Å². The van der Waals surface area contributed by atoms with Crippen molar-refractivity contribution in [3.8, 4) is 0 Å². The molecule has 1 saturated carbocycles. The molecule has 0 radical (unpaired) electrons. The number of halogens is 4. The fourth-order valence-electron chi connectivity index (χ4n) is 4.57. The van der Waals surface area contributed by atoms with Gasteiger partial charge in [-0.15, -0.1) is 10.2 Å². The van der Waals surface area contributed by atoms with Crippen molar-refractivity contribution in [2.75, 3.05) is 13.1 Å². The molecule has 0 bridgehead atoms. The van der Waals surface area contributed by atoms with Gasteiger partial charge in [-0.25, -0.2) is 4.79 Å². The van der Waals surface area contributed by atoms with Crippen LogP contribution in [0.25, 0.3) is 0 Å². The summed E-state index contributed by atoms with van der Waals surface area (Å²) in [6.07, 6.45) is 1.45. The number of carbonyl (C=O) groups is 2. The Balaban J connectivity index is 0.000000364. The van der Waals surface area contributed by atoms with Crippen LogP contribution >= 0.6 is 11.6 Å². The van der Waals surface area contributed by atoms with Gasteiger partial charge in [-0.3, -0.25) is 9.69 Å². The van der Waals surface area contributed by atoms with Crippen LogP contribution in [0.15, 0.2) is 24.3 Å². The number of aryl methyl sites for hydroxylation is 1. The summed E-state index contributed by atoms with van der Waals surface area (Å²) in [5.74, 6) is -1.34. The van der Waals surface area contributed by atoms with Crippen LogP contribution < -0.4 is 5.32 Å². The number of carbonyl (C=O) groups excluding carboxylic acids is 1. The van der Waals surface area contributed by atoms with Crippen LogP contribution in [0.3, 0.4) is 0 Å². The van der Waals surface area contributed by atoms with E-state index in [0.29, 0.717) is 11.9 Å². The van der Waals surface area contributed by atoms with Crippen LogP contribution in [0, 0.1) is 5.41 Å². The highest BCUT2D eigenvalue weighted by Crippen LogP contribution is 2.41. The van der Waals surface area contributed by atoms with Crippen molar-refractivity contribution in [3.05, 3.63) is 46.5 Å². The second-order valence-electron chi connectivity index (χ2n) is 9.48. The molecule has 190 valence electrons. The number of nitrogens with one attached hydrogen (secondary N) is 1. The third kappa shape index (κ3) is 6.52. The van der Waals surface area contributed by atoms with E-state index in [-0.39, 0.29) is 11.3 Å². The number of piperidine rings is 1. The Morgan fingerprint density at radius 3 is 2.31 bits per heavy atom. The van der Waals surface area contributed by atoms with E-state index < -0.39 is 12.1 Å². The minimum atomic E-state index is -5.08. The maximum Gasteiger partial charge on any atom is 0.490 e. The summed E-state index contributed by atoms with van der Waals surface area (Å²) in [4.78, 5) is 23.9. The number of hydrogen-bond acceptors (Lipinski definition) is 5. The Hall–Kier alpha value is -2.66. The summed E-state index contributed by atoms with van der Waals surface area (Å²) < 4.78 is 33.8. The van der Waals surface area contributed by atoms with Gasteiger partial charge in [0.15, 0.2) is 0 Å². The van der Waals surface area contributed by atoms with E-state index in [2.05, 4.69) is 37.1 Å². The SMILES string of the molecule is O=C(NC1CC1)c1nnc2n1CC1(CC2)CCN(Cc2ccc(Cl)cc2)CC1.O=C(O)C(F)(F)F. The second kappa shape index (κ2) is 10.1. The van der Waals surface area contributed by atoms with Gasteiger partial charge in [-0.1, -0.05) is 23.7 Å². The average molecular weight is 514 g/mol. The normalized spacial score (nSPS) is 19.4. The van der Waals surface area contributed by atoms with Gasteiger partial charge in [0, 0.05) is 30.6 Å². The van der Waals surface area contributed by atoms with Gasteiger partial charge in [0.1, 0.15) is 5.82 Å². The third-order valence-electron chi connectivity index (χ3n) is 6.79. The van der Waals surface area contributed by atoms with E-state index in [9.17, 15) is 18.0 Å². The van der Waals surface area contributed by atoms with Crippen molar-refractivity contribution in [1.29, 1.82) is 0 Å². The molecule has 1 saturated heterocycles. The van der Waals surface area contributed by atoms with Crippen molar-refractivity contribution in [2.24, 2.45) is 5.41 Å². The molecule has 3 aliphatic rings. The van der Waals surface area contributed by atoms with Gasteiger partial charge < -0.3 is 15.0 Å². The summed E-state index contributed by atoms with van der Waals surface area (Å²) in [7, 11) is 0. The second-order valence-corrected chi connectivity index (χ2v) is 9.92. The molecule has 35 heavy (non-hydrogen) atoms. The fourth-order valence-corrected chi connectivity index (χ4v) is 4.69. The zero-order valence-corrected chi connectivity index (χ0v) is 19.8. The molecule has 12 heteroatoms. The Bertz CT molecular complexity index is 1060. The van der Waals surface area contributed by atoms with E-state index in [1.54, 1.807) is 0 Å². The maximum atomic E-state index is 12.5. The molecule has 5 rings (SSSR count). The highest BCUT2D eigenvalue weighted by molar-refractivity contribution is 6.30. The largest absolute Gasteiger partial charge is 0.490 e. The van der Waals surface area contributed by atoms with Crippen LogP contribution in [0.5, 0.6) is 0 Å². The highest BCUT2D eigenvalue weighted by atomic mass is 35.5. The van der Waals surface area contributed by atoms with Gasteiger partial charge in [0.25, 0.3) is 5.91 Å². The van der Waals surface area contributed by atoms with Gasteiger partial charge in [-0.2, -0.15) is 13.2 Å². The Labute approximate surface area is 205 Å². The summed E-state index contributed by atoms with van der Waals surface area (Å²) >= 11 is 6.00. The van der Waals surface area contributed by atoms with Crippen molar-refractivity contribution >= 4 is 23.5 Å². The van der Waals surface area contributed by atoms with Crippen LogP contribution in [-0.4, -0.2) is 62.0 Å². The zero-order chi connectivity index (χ0) is 25.2. The smallest absolute Gasteiger partial charge is 0.475 e. The minimum absolute atomic E-state index is 0.0570. The monoisotopic (exact) mass is 513 g/mol. The molecule has 1 aromatic carbocycles. The quantitative estimate of drug-likeness (QED) is 0.647. The first-order valence-corrected chi connectivity index (χ1v) is 11.9. The van der Waals surface area contributed by atoms with Crippen molar-refractivity contribution < 1.29 is 27.9 Å². The van der Waals surface area contributed by atoms with Gasteiger partial charge >= 0.3 is 12.1 Å². The number of alkyl halides is 3. The molecule has 0 atom stereocenters. The van der Waals surface area contributed by atoms with Gasteiger partial charge in [0.05, 0.1) is 0 Å². The van der Waals surface area contributed by atoms with E-state index in [4.69, 9.17) is 21.5 Å². The predicted molar refractivity (Wildman–Crippen MR) is 121 cm³/mol. The van der Waals surface area contributed by atoms with Crippen LogP contribution in [0.2, 0.25) is 5.02 Å². The molecule has 1 aliphatic carbocycles. The molecule has 3 heterocycles. The van der Waals surface area contributed by atoms with E-state index >= 15 is 0 Å². The molecule has 2 aromatic rings. The van der Waals surface area contributed by atoms with Crippen molar-refractivity contribution in [3.63, 3.8) is 0 Å². The molecule has 2 fully saturated rings. The molecule has 2 N–H and O–H groups in total. The number of aliphatic carboxylic acids is 1. The molecular weight excluding hydrogens is 487 g/mol. The Morgan fingerprint density at radius 2 is 1.74 bits per heavy atom. The fraction of sp³-hybridized carbons (Fsp3) is 0.565. The number of carboxylic acid groups (broad SMARTS) is 1. The lowest BCUT2D eigenvalue weighted by Crippen LogP contribution is -2.44. The summed E-state index contributed by atoms with van der Waals surface area (Å²) in [5.41, 5.74) is 1.57. The lowest BCUT2D eigenvalue weighted by molar-refractivity contribution is -0.192. The number of fused-ring (bicyclic) bond motifs is 1. The van der Waals surface area contributed by atoms with Crippen molar-refractivity contribution in [1.82, 2.24) is 25.0 Å². The Kier molecular flexibility index (Phi) is 7.37. The molecule has 1 spiro atoms. The number of amides is 1. The lowest BCUT2D eigenvalue weighted by atomic mass is 9.73. The predicted octanol–water partition coefficient (Wildman–Crippen LogP) is 3.69. The lowest BCUT2D eigenvalue weighted by Gasteiger charge is -2.44. The Morgan fingerprint density at radius 1 is 1.11 bits per heavy atom. The van der Waals surface area contributed by atoms with Crippen molar-refractivity contribution in [2.45, 2.75) is 63.8 Å². The van der Waals surface area contributed by atoms with Gasteiger partial charge in [0.2, 0.25) is 5.82 Å². The molecule has 0 unspecified atom stereocenters. The minimum Gasteiger partial charge on any atom is -0.475 e. The standard InChI is InChI=1S/C21H26ClN5O.C2HF3O2/c22-16-3-1-15(2-4-16)13-26-11-9-21(10-12-26)8-7-18-24-25-19(27(18)14-21)20(28)23-17-5-6-17;3-2(4,5)1(6)7/h1-4,17H,5-14H2,(H,23,28);(H,6,7). The molecule has 1 aromatic heterocycles. The number of aromatic nitrogens is 3. The number of rotatable bonds is 4. The van der Waals surface area contributed by atoms with Crippen LogP contribution in [0.4, 0.5) is 13.2 Å². The number of likely N-dealkylation sites (tertiary alicyclic amines) is 1. The van der Waals surface area contributed by atoms with Gasteiger partial charge in [-0.05, 0) is 68.3 Å². The van der Waals surface area contributed by atoms with E-state index in [1.165, 1.54) is 5.56 Å².